The van der Waals surface area contributed by atoms with Crippen molar-refractivity contribution in [3.8, 4) is 0 Å². The summed E-state index contributed by atoms with van der Waals surface area (Å²) in [5.41, 5.74) is 4.21. The highest BCUT2D eigenvalue weighted by atomic mass is 32.2. The molecule has 0 amide bonds. The molecule has 6 heteroatoms. The lowest BCUT2D eigenvalue weighted by molar-refractivity contribution is 0.601. The summed E-state index contributed by atoms with van der Waals surface area (Å²) in [5, 5.41) is 4.50. The summed E-state index contributed by atoms with van der Waals surface area (Å²) >= 11 is 0. The van der Waals surface area contributed by atoms with Crippen LogP contribution >= 0.6 is 0 Å². The normalized spacial score (nSPS) is 11.5. The molecule has 0 saturated carbocycles. The van der Waals surface area contributed by atoms with Crippen molar-refractivity contribution in [3.63, 3.8) is 0 Å². The van der Waals surface area contributed by atoms with E-state index in [1.54, 1.807) is 12.1 Å². The Bertz CT molecular complexity index is 992. The van der Waals surface area contributed by atoms with E-state index in [0.29, 0.717) is 17.9 Å². The van der Waals surface area contributed by atoms with Crippen LogP contribution in [0.3, 0.4) is 0 Å². The number of nitrogens with zero attached hydrogens (tertiary/aromatic N) is 2. The maximum absolute atomic E-state index is 12.7. The van der Waals surface area contributed by atoms with Gasteiger partial charge in [-0.25, -0.2) is 8.42 Å². The molecule has 136 valence electrons. The van der Waals surface area contributed by atoms with Crippen molar-refractivity contribution in [1.29, 1.82) is 0 Å². The van der Waals surface area contributed by atoms with Crippen LogP contribution in [0.25, 0.3) is 0 Å². The predicted octanol–water partition coefficient (Wildman–Crippen LogP) is 3.91. The fraction of sp³-hybridized carbons (Fsp3) is 0.250. The molecule has 3 aromatic rings. The van der Waals surface area contributed by atoms with Gasteiger partial charge in [0, 0.05) is 0 Å². The van der Waals surface area contributed by atoms with Gasteiger partial charge in [-0.15, -0.1) is 0 Å². The first-order valence-corrected chi connectivity index (χ1v) is 10.1. The van der Waals surface area contributed by atoms with Gasteiger partial charge in [0.25, 0.3) is 10.0 Å². The SMILES string of the molecule is CCc1ccc(S(=O)(=O)Nc2c(C)nn(Cc3ccccc3)c2C)cc1. The standard InChI is InChI=1S/C20H23N3O2S/c1-4-17-10-12-19(13-11-17)26(24,25)22-20-15(2)21-23(16(20)3)14-18-8-6-5-7-9-18/h5-13,22H,4,14H2,1-3H3. The summed E-state index contributed by atoms with van der Waals surface area (Å²) in [6, 6.07) is 16.9. The van der Waals surface area contributed by atoms with Crippen molar-refractivity contribution in [2.45, 2.75) is 38.6 Å². The van der Waals surface area contributed by atoms with Crippen molar-refractivity contribution >= 4 is 15.7 Å². The Morgan fingerprint density at radius 1 is 0.962 bits per heavy atom. The molecule has 0 radical (unpaired) electrons. The van der Waals surface area contributed by atoms with Gasteiger partial charge in [0.05, 0.1) is 28.5 Å². The molecule has 2 aromatic carbocycles. The van der Waals surface area contributed by atoms with Gasteiger partial charge in [0.15, 0.2) is 0 Å². The number of anilines is 1. The van der Waals surface area contributed by atoms with E-state index in [0.717, 1.165) is 23.2 Å². The molecular weight excluding hydrogens is 346 g/mol. The Labute approximate surface area is 154 Å². The smallest absolute Gasteiger partial charge is 0.262 e. The molecule has 0 unspecified atom stereocenters. The summed E-state index contributed by atoms with van der Waals surface area (Å²) in [6.07, 6.45) is 0.873. The van der Waals surface area contributed by atoms with Gasteiger partial charge >= 0.3 is 0 Å². The fourth-order valence-corrected chi connectivity index (χ4v) is 4.03. The van der Waals surface area contributed by atoms with Crippen LogP contribution in [0.5, 0.6) is 0 Å². The second-order valence-electron chi connectivity index (χ2n) is 6.29. The molecule has 0 aliphatic heterocycles. The van der Waals surface area contributed by atoms with E-state index in [2.05, 4.69) is 9.82 Å². The van der Waals surface area contributed by atoms with Crippen LogP contribution in [0.1, 0.15) is 29.4 Å². The molecule has 0 bridgehead atoms. The lowest BCUT2D eigenvalue weighted by Gasteiger charge is -2.10. The minimum absolute atomic E-state index is 0.254. The minimum atomic E-state index is -3.65. The topological polar surface area (TPSA) is 64.0 Å². The van der Waals surface area contributed by atoms with Crippen molar-refractivity contribution in [1.82, 2.24) is 9.78 Å². The third-order valence-corrected chi connectivity index (χ3v) is 5.80. The highest BCUT2D eigenvalue weighted by Crippen LogP contribution is 2.24. The second kappa shape index (κ2) is 7.33. The molecule has 26 heavy (non-hydrogen) atoms. The van der Waals surface area contributed by atoms with E-state index >= 15 is 0 Å². The molecule has 0 saturated heterocycles. The van der Waals surface area contributed by atoms with Crippen molar-refractivity contribution in [3.05, 3.63) is 77.1 Å². The van der Waals surface area contributed by atoms with Crippen LogP contribution in [0.4, 0.5) is 5.69 Å². The zero-order chi connectivity index (χ0) is 18.7. The average molecular weight is 369 g/mol. The molecule has 1 N–H and O–H groups in total. The lowest BCUT2D eigenvalue weighted by atomic mass is 10.2. The fourth-order valence-electron chi connectivity index (χ4n) is 2.85. The molecule has 0 atom stereocenters. The van der Waals surface area contributed by atoms with E-state index < -0.39 is 10.0 Å². The number of sulfonamides is 1. The van der Waals surface area contributed by atoms with Gasteiger partial charge in [-0.1, -0.05) is 49.4 Å². The van der Waals surface area contributed by atoms with Crippen LogP contribution in [0.15, 0.2) is 59.5 Å². The summed E-state index contributed by atoms with van der Waals surface area (Å²) in [6.45, 7) is 6.32. The second-order valence-corrected chi connectivity index (χ2v) is 7.97. The molecule has 5 nitrogen and oxygen atoms in total. The third-order valence-electron chi connectivity index (χ3n) is 4.43. The number of nitrogens with one attached hydrogen (secondary N) is 1. The maximum Gasteiger partial charge on any atom is 0.262 e. The van der Waals surface area contributed by atoms with Crippen LogP contribution in [0, 0.1) is 13.8 Å². The number of benzene rings is 2. The molecule has 0 spiro atoms. The van der Waals surface area contributed by atoms with Crippen LogP contribution < -0.4 is 4.72 Å². The van der Waals surface area contributed by atoms with E-state index in [-0.39, 0.29) is 4.90 Å². The Kier molecular flexibility index (Phi) is 5.13. The Balaban J connectivity index is 1.87. The largest absolute Gasteiger partial charge is 0.276 e. The average Bonchev–Trinajstić information content (AvgIpc) is 2.90. The Hall–Kier alpha value is -2.60. The molecule has 3 rings (SSSR count). The first-order valence-electron chi connectivity index (χ1n) is 8.60. The number of hydrogen-bond donors (Lipinski definition) is 1. The molecule has 0 aliphatic rings. The monoisotopic (exact) mass is 369 g/mol. The first kappa shape index (κ1) is 18.2. The number of rotatable bonds is 6. The van der Waals surface area contributed by atoms with E-state index in [1.807, 2.05) is 67.9 Å². The summed E-state index contributed by atoms with van der Waals surface area (Å²) in [7, 11) is -3.65. The van der Waals surface area contributed by atoms with Crippen molar-refractivity contribution in [2.24, 2.45) is 0 Å². The lowest BCUT2D eigenvalue weighted by Crippen LogP contribution is -2.14. The van der Waals surface area contributed by atoms with E-state index in [4.69, 9.17) is 0 Å². The number of aromatic nitrogens is 2. The third kappa shape index (κ3) is 3.80. The van der Waals surface area contributed by atoms with Gasteiger partial charge in [-0.3, -0.25) is 9.40 Å². The van der Waals surface area contributed by atoms with Crippen LogP contribution in [0.2, 0.25) is 0 Å². The van der Waals surface area contributed by atoms with Gasteiger partial charge in [-0.2, -0.15) is 5.10 Å². The zero-order valence-electron chi connectivity index (χ0n) is 15.2. The zero-order valence-corrected chi connectivity index (χ0v) is 16.0. The maximum atomic E-state index is 12.7. The van der Waals surface area contributed by atoms with Gasteiger partial charge in [0.1, 0.15) is 0 Å². The van der Waals surface area contributed by atoms with Gasteiger partial charge < -0.3 is 0 Å². The molecule has 0 aliphatic carbocycles. The molecule has 0 fully saturated rings. The Morgan fingerprint density at radius 2 is 1.62 bits per heavy atom. The van der Waals surface area contributed by atoms with Crippen molar-refractivity contribution in [2.75, 3.05) is 4.72 Å². The predicted molar refractivity (Wildman–Crippen MR) is 104 cm³/mol. The molecule has 1 aromatic heterocycles. The van der Waals surface area contributed by atoms with Crippen LogP contribution in [-0.4, -0.2) is 18.2 Å². The quantitative estimate of drug-likeness (QED) is 0.716. The van der Waals surface area contributed by atoms with Gasteiger partial charge in [0.2, 0.25) is 0 Å². The minimum Gasteiger partial charge on any atom is -0.276 e. The van der Waals surface area contributed by atoms with E-state index in [9.17, 15) is 8.42 Å². The number of hydrogen-bond acceptors (Lipinski definition) is 3. The molecule has 1 heterocycles. The Morgan fingerprint density at radius 3 is 2.23 bits per heavy atom. The van der Waals surface area contributed by atoms with E-state index in [1.165, 1.54) is 0 Å². The van der Waals surface area contributed by atoms with Crippen LogP contribution in [-0.2, 0) is 23.0 Å². The number of aryl methyl sites for hydroxylation is 2. The summed E-state index contributed by atoms with van der Waals surface area (Å²) in [5.74, 6) is 0. The first-order chi connectivity index (χ1) is 12.4. The highest BCUT2D eigenvalue weighted by molar-refractivity contribution is 7.92. The summed E-state index contributed by atoms with van der Waals surface area (Å²) in [4.78, 5) is 0.254. The van der Waals surface area contributed by atoms with Crippen molar-refractivity contribution < 1.29 is 8.42 Å². The summed E-state index contributed by atoms with van der Waals surface area (Å²) < 4.78 is 30.0. The molecular formula is C20H23N3O2S. The van der Waals surface area contributed by atoms with Gasteiger partial charge in [-0.05, 0) is 43.5 Å². The highest BCUT2D eigenvalue weighted by Gasteiger charge is 2.20.